The van der Waals surface area contributed by atoms with E-state index < -0.39 is 0 Å². The number of fused-ring (bicyclic) bond motifs is 1. The fourth-order valence-corrected chi connectivity index (χ4v) is 3.49. The number of aryl methyl sites for hydroxylation is 1. The summed E-state index contributed by atoms with van der Waals surface area (Å²) >= 11 is 0. The van der Waals surface area contributed by atoms with E-state index in [9.17, 15) is 4.79 Å². The van der Waals surface area contributed by atoms with Crippen molar-refractivity contribution in [2.24, 2.45) is 0 Å². The normalized spacial score (nSPS) is 15.1. The Morgan fingerprint density at radius 2 is 2.00 bits per heavy atom. The summed E-state index contributed by atoms with van der Waals surface area (Å²) in [7, 11) is 1.66. The van der Waals surface area contributed by atoms with Gasteiger partial charge in [-0.3, -0.25) is 0 Å². The van der Waals surface area contributed by atoms with Gasteiger partial charge >= 0.3 is 6.09 Å². The standard InChI is InChI=1S/C22H26N2O3/c1-16(23)12-13-24(22(25)27-15-17-6-4-3-5-7-17)21-11-8-18-14-19(26-2)9-10-20(18)21/h3-7,9-10,14,21,23H,8,11-13,15H2,1-2H3. The lowest BCUT2D eigenvalue weighted by Gasteiger charge is -2.29. The minimum Gasteiger partial charge on any atom is -0.497 e. The van der Waals surface area contributed by atoms with Gasteiger partial charge < -0.3 is 19.8 Å². The molecule has 1 atom stereocenters. The summed E-state index contributed by atoms with van der Waals surface area (Å²) in [4.78, 5) is 14.6. The van der Waals surface area contributed by atoms with Gasteiger partial charge in [0.15, 0.2) is 0 Å². The molecule has 27 heavy (non-hydrogen) atoms. The quantitative estimate of drug-likeness (QED) is 0.719. The van der Waals surface area contributed by atoms with Crippen LogP contribution in [-0.2, 0) is 17.8 Å². The van der Waals surface area contributed by atoms with Crippen LogP contribution in [-0.4, -0.2) is 30.4 Å². The molecule has 2 aromatic rings. The van der Waals surface area contributed by atoms with Crippen LogP contribution in [0.15, 0.2) is 48.5 Å². The lowest BCUT2D eigenvalue weighted by atomic mass is 10.1. The molecule has 3 rings (SSSR count). The number of hydrogen-bond donors (Lipinski definition) is 1. The number of hydrogen-bond acceptors (Lipinski definition) is 4. The average Bonchev–Trinajstić information content (AvgIpc) is 3.10. The van der Waals surface area contributed by atoms with E-state index in [0.29, 0.717) is 18.7 Å². The van der Waals surface area contributed by atoms with Gasteiger partial charge in [0, 0.05) is 18.7 Å². The van der Waals surface area contributed by atoms with Gasteiger partial charge in [-0.2, -0.15) is 0 Å². The SMILES string of the molecule is COc1ccc2c(c1)CCC2N(CCC(C)=N)C(=O)OCc1ccccc1. The molecule has 0 bridgehead atoms. The number of ether oxygens (including phenoxy) is 2. The van der Waals surface area contributed by atoms with Crippen LogP contribution in [0.5, 0.6) is 5.75 Å². The highest BCUT2D eigenvalue weighted by atomic mass is 16.6. The molecule has 0 fully saturated rings. The zero-order valence-electron chi connectivity index (χ0n) is 15.9. The first-order valence-corrected chi connectivity index (χ1v) is 9.26. The Hall–Kier alpha value is -2.82. The molecule has 1 aliphatic rings. The Morgan fingerprint density at radius 1 is 1.22 bits per heavy atom. The maximum atomic E-state index is 12.9. The van der Waals surface area contributed by atoms with Crippen molar-refractivity contribution >= 4 is 11.8 Å². The monoisotopic (exact) mass is 366 g/mol. The Morgan fingerprint density at radius 3 is 2.70 bits per heavy atom. The van der Waals surface area contributed by atoms with Crippen LogP contribution in [0.4, 0.5) is 4.79 Å². The second kappa shape index (κ2) is 8.71. The summed E-state index contributed by atoms with van der Waals surface area (Å²) in [6.45, 7) is 2.50. The molecule has 5 nitrogen and oxygen atoms in total. The van der Waals surface area contributed by atoms with Crippen LogP contribution in [0.2, 0.25) is 0 Å². The van der Waals surface area contributed by atoms with E-state index in [-0.39, 0.29) is 18.7 Å². The van der Waals surface area contributed by atoms with E-state index in [1.165, 1.54) is 5.56 Å². The molecule has 5 heteroatoms. The summed E-state index contributed by atoms with van der Waals surface area (Å²) < 4.78 is 10.9. The largest absolute Gasteiger partial charge is 0.497 e. The molecule has 0 radical (unpaired) electrons. The first-order chi connectivity index (χ1) is 13.1. The molecule has 0 heterocycles. The third-order valence-electron chi connectivity index (χ3n) is 4.94. The van der Waals surface area contributed by atoms with Crippen molar-refractivity contribution in [3.05, 3.63) is 65.2 Å². The van der Waals surface area contributed by atoms with Gasteiger partial charge in [0.1, 0.15) is 12.4 Å². The molecule has 1 amide bonds. The molecule has 1 unspecified atom stereocenters. The molecular weight excluding hydrogens is 340 g/mol. The van der Waals surface area contributed by atoms with Crippen molar-refractivity contribution in [3.8, 4) is 5.75 Å². The molecule has 2 aromatic carbocycles. The van der Waals surface area contributed by atoms with Crippen LogP contribution >= 0.6 is 0 Å². The first kappa shape index (κ1) is 19.0. The van der Waals surface area contributed by atoms with E-state index >= 15 is 0 Å². The van der Waals surface area contributed by atoms with E-state index in [4.69, 9.17) is 14.9 Å². The highest BCUT2D eigenvalue weighted by molar-refractivity contribution is 5.79. The second-order valence-electron chi connectivity index (χ2n) is 6.88. The molecule has 0 aliphatic heterocycles. The third kappa shape index (κ3) is 4.67. The van der Waals surface area contributed by atoms with Crippen LogP contribution in [0, 0.1) is 5.41 Å². The molecule has 0 spiro atoms. The smallest absolute Gasteiger partial charge is 0.410 e. The highest BCUT2D eigenvalue weighted by Crippen LogP contribution is 2.38. The fourth-order valence-electron chi connectivity index (χ4n) is 3.49. The van der Waals surface area contributed by atoms with Gasteiger partial charge in [-0.25, -0.2) is 4.79 Å². The fraction of sp³-hybridized carbons (Fsp3) is 0.364. The number of nitrogens with zero attached hydrogens (tertiary/aromatic N) is 1. The van der Waals surface area contributed by atoms with Crippen LogP contribution in [0.1, 0.15) is 42.5 Å². The third-order valence-corrected chi connectivity index (χ3v) is 4.94. The van der Waals surface area contributed by atoms with E-state index in [0.717, 1.165) is 29.7 Å². The number of carbonyl (C=O) groups is 1. The van der Waals surface area contributed by atoms with Gasteiger partial charge in [0.25, 0.3) is 0 Å². The first-order valence-electron chi connectivity index (χ1n) is 9.26. The van der Waals surface area contributed by atoms with Gasteiger partial charge in [0.05, 0.1) is 13.2 Å². The Balaban J connectivity index is 1.75. The molecule has 1 aliphatic carbocycles. The number of methoxy groups -OCH3 is 1. The Kier molecular flexibility index (Phi) is 6.12. The molecular formula is C22H26N2O3. The number of carbonyl (C=O) groups excluding carboxylic acids is 1. The molecule has 142 valence electrons. The van der Waals surface area contributed by atoms with Crippen molar-refractivity contribution in [2.75, 3.05) is 13.7 Å². The van der Waals surface area contributed by atoms with Crippen molar-refractivity contribution < 1.29 is 14.3 Å². The summed E-state index contributed by atoms with van der Waals surface area (Å²) in [5.74, 6) is 0.836. The predicted octanol–water partition coefficient (Wildman–Crippen LogP) is 4.75. The van der Waals surface area contributed by atoms with Gasteiger partial charge in [-0.05, 0) is 48.6 Å². The minimum absolute atomic E-state index is 0.0199. The molecule has 0 saturated heterocycles. The topological polar surface area (TPSA) is 62.6 Å². The molecule has 0 aromatic heterocycles. The number of nitrogens with one attached hydrogen (secondary N) is 1. The molecule has 0 saturated carbocycles. The minimum atomic E-state index is -0.325. The van der Waals surface area contributed by atoms with E-state index in [1.54, 1.807) is 18.9 Å². The number of benzene rings is 2. The highest BCUT2D eigenvalue weighted by Gasteiger charge is 2.32. The second-order valence-corrected chi connectivity index (χ2v) is 6.88. The number of amides is 1. The number of rotatable bonds is 7. The summed E-state index contributed by atoms with van der Waals surface area (Å²) in [5, 5.41) is 7.74. The van der Waals surface area contributed by atoms with Crippen LogP contribution < -0.4 is 4.74 Å². The maximum Gasteiger partial charge on any atom is 0.410 e. The van der Waals surface area contributed by atoms with Gasteiger partial charge in [-0.15, -0.1) is 0 Å². The lowest BCUT2D eigenvalue weighted by molar-refractivity contribution is 0.0812. The van der Waals surface area contributed by atoms with Gasteiger partial charge in [-0.1, -0.05) is 36.4 Å². The van der Waals surface area contributed by atoms with E-state index in [1.807, 2.05) is 48.5 Å². The van der Waals surface area contributed by atoms with Crippen molar-refractivity contribution in [1.29, 1.82) is 5.41 Å². The van der Waals surface area contributed by atoms with Crippen molar-refractivity contribution in [2.45, 2.75) is 38.8 Å². The Bertz CT molecular complexity index is 804. The maximum absolute atomic E-state index is 12.9. The average molecular weight is 366 g/mol. The Labute approximate surface area is 160 Å². The van der Waals surface area contributed by atoms with Gasteiger partial charge in [0.2, 0.25) is 0 Å². The lowest BCUT2D eigenvalue weighted by Crippen LogP contribution is -2.36. The van der Waals surface area contributed by atoms with Crippen LogP contribution in [0.3, 0.4) is 0 Å². The van der Waals surface area contributed by atoms with Crippen molar-refractivity contribution in [3.63, 3.8) is 0 Å². The molecule has 1 N–H and O–H groups in total. The summed E-state index contributed by atoms with van der Waals surface area (Å²) in [6.07, 6.45) is 1.99. The van der Waals surface area contributed by atoms with Crippen LogP contribution in [0.25, 0.3) is 0 Å². The summed E-state index contributed by atoms with van der Waals surface area (Å²) in [6, 6.07) is 15.7. The van der Waals surface area contributed by atoms with E-state index in [2.05, 4.69) is 0 Å². The summed E-state index contributed by atoms with van der Waals surface area (Å²) in [5.41, 5.74) is 3.89. The zero-order valence-corrected chi connectivity index (χ0v) is 15.9. The zero-order chi connectivity index (χ0) is 19.2. The predicted molar refractivity (Wildman–Crippen MR) is 105 cm³/mol. The van der Waals surface area contributed by atoms with Crippen molar-refractivity contribution in [1.82, 2.24) is 4.90 Å².